The van der Waals surface area contributed by atoms with Crippen molar-refractivity contribution in [3.63, 3.8) is 0 Å². The van der Waals surface area contributed by atoms with Crippen LogP contribution in [0.1, 0.15) is 12.0 Å². The summed E-state index contributed by atoms with van der Waals surface area (Å²) in [5.41, 5.74) is 0.885. The summed E-state index contributed by atoms with van der Waals surface area (Å²) >= 11 is 0. The zero-order chi connectivity index (χ0) is 13.9. The van der Waals surface area contributed by atoms with Crippen LogP contribution in [0.4, 0.5) is 0 Å². The van der Waals surface area contributed by atoms with Crippen molar-refractivity contribution in [3.8, 4) is 5.75 Å². The molecule has 0 spiro atoms. The molecule has 6 nitrogen and oxygen atoms in total. The molecule has 1 aromatic rings. The van der Waals surface area contributed by atoms with E-state index in [1.165, 1.54) is 13.2 Å². The Kier molecular flexibility index (Phi) is 4.06. The molecule has 104 valence electrons. The van der Waals surface area contributed by atoms with Crippen molar-refractivity contribution in [1.82, 2.24) is 4.72 Å². The fourth-order valence-electron chi connectivity index (χ4n) is 1.80. The van der Waals surface area contributed by atoms with Gasteiger partial charge in [-0.1, -0.05) is 0 Å². The lowest BCUT2D eigenvalue weighted by atomic mass is 10.2. The third-order valence-electron chi connectivity index (χ3n) is 2.82. The van der Waals surface area contributed by atoms with Crippen LogP contribution in [0.25, 0.3) is 0 Å². The lowest BCUT2D eigenvalue weighted by molar-refractivity contribution is -0.140. The highest BCUT2D eigenvalue weighted by Crippen LogP contribution is 2.27. The first kappa shape index (κ1) is 13.8. The van der Waals surface area contributed by atoms with E-state index in [-0.39, 0.29) is 17.9 Å². The van der Waals surface area contributed by atoms with Gasteiger partial charge in [-0.05, 0) is 23.8 Å². The van der Waals surface area contributed by atoms with E-state index in [0.717, 1.165) is 11.3 Å². The molecule has 1 aliphatic rings. The van der Waals surface area contributed by atoms with Crippen LogP contribution in [0.15, 0.2) is 23.1 Å². The topological polar surface area (TPSA) is 81.7 Å². The van der Waals surface area contributed by atoms with E-state index < -0.39 is 16.0 Å². The Morgan fingerprint density at radius 1 is 1.47 bits per heavy atom. The summed E-state index contributed by atoms with van der Waals surface area (Å²) in [6, 6.07) is 4.74. The number of hydrogen-bond acceptors (Lipinski definition) is 5. The second-order valence-corrected chi connectivity index (χ2v) is 5.86. The molecule has 0 bridgehead atoms. The third-order valence-corrected chi connectivity index (χ3v) is 4.28. The zero-order valence-electron chi connectivity index (χ0n) is 10.5. The summed E-state index contributed by atoms with van der Waals surface area (Å²) in [6.07, 6.45) is 0.713. The van der Waals surface area contributed by atoms with Crippen LogP contribution in [-0.2, 0) is 26.0 Å². The van der Waals surface area contributed by atoms with Crippen LogP contribution in [0.2, 0.25) is 0 Å². The molecule has 0 fully saturated rings. The first-order valence-corrected chi connectivity index (χ1v) is 7.33. The van der Waals surface area contributed by atoms with E-state index in [1.54, 1.807) is 12.1 Å². The number of methoxy groups -OCH3 is 1. The van der Waals surface area contributed by atoms with Gasteiger partial charge in [-0.15, -0.1) is 0 Å². The molecule has 2 rings (SSSR count). The van der Waals surface area contributed by atoms with Gasteiger partial charge in [-0.3, -0.25) is 4.79 Å². The number of rotatable bonds is 5. The number of esters is 1. The van der Waals surface area contributed by atoms with Crippen LogP contribution >= 0.6 is 0 Å². The standard InChI is InChI=1S/C12H15NO5S/c1-17-12(14)4-6-13-19(15,16)10-2-3-11-9(8-10)5-7-18-11/h2-3,8,13H,4-7H2,1H3. The molecular formula is C12H15NO5S. The Morgan fingerprint density at radius 3 is 3.00 bits per heavy atom. The summed E-state index contributed by atoms with van der Waals surface area (Å²) < 4.78 is 36.1. The van der Waals surface area contributed by atoms with Gasteiger partial charge in [-0.2, -0.15) is 0 Å². The number of ether oxygens (including phenoxy) is 2. The molecule has 0 radical (unpaired) electrons. The molecule has 0 atom stereocenters. The highest BCUT2D eigenvalue weighted by atomic mass is 32.2. The average Bonchev–Trinajstić information content (AvgIpc) is 2.85. The van der Waals surface area contributed by atoms with Gasteiger partial charge >= 0.3 is 5.97 Å². The van der Waals surface area contributed by atoms with E-state index in [9.17, 15) is 13.2 Å². The molecule has 7 heteroatoms. The zero-order valence-corrected chi connectivity index (χ0v) is 11.3. The first-order chi connectivity index (χ1) is 9.03. The maximum Gasteiger partial charge on any atom is 0.306 e. The summed E-state index contributed by atoms with van der Waals surface area (Å²) in [4.78, 5) is 11.1. The van der Waals surface area contributed by atoms with Crippen molar-refractivity contribution in [2.75, 3.05) is 20.3 Å². The maximum atomic E-state index is 12.0. The predicted octanol–water partition coefficient (Wildman–Crippen LogP) is 0.463. The van der Waals surface area contributed by atoms with E-state index in [0.29, 0.717) is 13.0 Å². The Labute approximate surface area is 111 Å². The van der Waals surface area contributed by atoms with Crippen LogP contribution in [0, 0.1) is 0 Å². The Hall–Kier alpha value is -1.60. The smallest absolute Gasteiger partial charge is 0.306 e. The monoisotopic (exact) mass is 285 g/mol. The van der Waals surface area contributed by atoms with E-state index >= 15 is 0 Å². The van der Waals surface area contributed by atoms with Crippen molar-refractivity contribution in [2.24, 2.45) is 0 Å². The van der Waals surface area contributed by atoms with E-state index in [1.807, 2.05) is 0 Å². The second kappa shape index (κ2) is 5.58. The van der Waals surface area contributed by atoms with Crippen molar-refractivity contribution in [2.45, 2.75) is 17.7 Å². The first-order valence-electron chi connectivity index (χ1n) is 5.85. The number of fused-ring (bicyclic) bond motifs is 1. The normalized spacial score (nSPS) is 13.7. The summed E-state index contributed by atoms with van der Waals surface area (Å²) in [6.45, 7) is 0.594. The minimum atomic E-state index is -3.60. The van der Waals surface area contributed by atoms with Gasteiger partial charge in [0.05, 0.1) is 25.0 Å². The molecular weight excluding hydrogens is 270 g/mol. The summed E-state index contributed by atoms with van der Waals surface area (Å²) in [5, 5.41) is 0. The van der Waals surface area contributed by atoms with Crippen LogP contribution < -0.4 is 9.46 Å². The van der Waals surface area contributed by atoms with Gasteiger partial charge in [0.15, 0.2) is 0 Å². The summed E-state index contributed by atoms with van der Waals surface area (Å²) in [5.74, 6) is 0.276. The van der Waals surface area contributed by atoms with Gasteiger partial charge in [-0.25, -0.2) is 13.1 Å². The molecule has 1 aromatic carbocycles. The van der Waals surface area contributed by atoms with Crippen molar-refractivity contribution >= 4 is 16.0 Å². The number of carbonyl (C=O) groups is 1. The van der Waals surface area contributed by atoms with Crippen molar-refractivity contribution in [1.29, 1.82) is 0 Å². The number of carbonyl (C=O) groups excluding carboxylic acids is 1. The van der Waals surface area contributed by atoms with E-state index in [2.05, 4.69) is 9.46 Å². The quantitative estimate of drug-likeness (QED) is 0.795. The fraction of sp³-hybridized carbons (Fsp3) is 0.417. The minimum absolute atomic E-state index is 0.00375. The molecule has 0 saturated heterocycles. The Bertz CT molecular complexity index is 582. The molecule has 0 aliphatic carbocycles. The maximum absolute atomic E-state index is 12.0. The lowest BCUT2D eigenvalue weighted by Gasteiger charge is -2.07. The van der Waals surface area contributed by atoms with Crippen LogP contribution in [0.5, 0.6) is 5.75 Å². The van der Waals surface area contributed by atoms with Crippen LogP contribution in [-0.4, -0.2) is 34.6 Å². The molecule has 0 amide bonds. The largest absolute Gasteiger partial charge is 0.493 e. The Balaban J connectivity index is 2.05. The lowest BCUT2D eigenvalue weighted by Crippen LogP contribution is -2.26. The Morgan fingerprint density at radius 2 is 2.26 bits per heavy atom. The predicted molar refractivity (Wildman–Crippen MR) is 67.5 cm³/mol. The molecule has 1 N–H and O–H groups in total. The number of sulfonamides is 1. The molecule has 0 saturated carbocycles. The molecule has 0 aromatic heterocycles. The van der Waals surface area contributed by atoms with Gasteiger partial charge in [0.25, 0.3) is 0 Å². The molecule has 19 heavy (non-hydrogen) atoms. The SMILES string of the molecule is COC(=O)CCNS(=O)(=O)c1ccc2c(c1)CCO2. The van der Waals surface area contributed by atoms with E-state index in [4.69, 9.17) is 4.74 Å². The summed E-state index contributed by atoms with van der Waals surface area (Å²) in [7, 11) is -2.34. The number of nitrogens with one attached hydrogen (secondary N) is 1. The molecule has 1 aliphatic heterocycles. The average molecular weight is 285 g/mol. The fourth-order valence-corrected chi connectivity index (χ4v) is 2.89. The van der Waals surface area contributed by atoms with Gasteiger partial charge in [0.1, 0.15) is 5.75 Å². The third kappa shape index (κ3) is 3.24. The molecule has 1 heterocycles. The number of hydrogen-bond donors (Lipinski definition) is 1. The van der Waals surface area contributed by atoms with Crippen molar-refractivity contribution < 1.29 is 22.7 Å². The van der Waals surface area contributed by atoms with Crippen LogP contribution in [0.3, 0.4) is 0 Å². The van der Waals surface area contributed by atoms with Gasteiger partial charge in [0, 0.05) is 13.0 Å². The number of benzene rings is 1. The molecule has 0 unspecified atom stereocenters. The van der Waals surface area contributed by atoms with Gasteiger partial charge in [0.2, 0.25) is 10.0 Å². The highest BCUT2D eigenvalue weighted by molar-refractivity contribution is 7.89. The van der Waals surface area contributed by atoms with Crippen molar-refractivity contribution in [3.05, 3.63) is 23.8 Å². The minimum Gasteiger partial charge on any atom is -0.493 e. The highest BCUT2D eigenvalue weighted by Gasteiger charge is 2.19. The van der Waals surface area contributed by atoms with Gasteiger partial charge < -0.3 is 9.47 Å². The second-order valence-electron chi connectivity index (χ2n) is 4.09.